The smallest absolute Gasteiger partial charge is 0.0615 e. The lowest BCUT2D eigenvalue weighted by atomic mass is 9.75. The zero-order chi connectivity index (χ0) is 12.0. The molecule has 2 nitrogen and oxygen atoms in total. The summed E-state index contributed by atoms with van der Waals surface area (Å²) in [6.07, 6.45) is 6.87. The van der Waals surface area contributed by atoms with E-state index in [-0.39, 0.29) is 0 Å². The predicted molar refractivity (Wildman–Crippen MR) is 73.3 cm³/mol. The number of rotatable bonds is 6. The first-order valence-corrected chi connectivity index (χ1v) is 7.07. The van der Waals surface area contributed by atoms with E-state index < -0.39 is 0 Å². The van der Waals surface area contributed by atoms with Crippen LogP contribution in [0.4, 0.5) is 0 Å². The average molecular weight is 245 g/mol. The molecule has 1 unspecified atom stereocenters. The van der Waals surface area contributed by atoms with Crippen LogP contribution in [0.5, 0.6) is 0 Å². The minimum absolute atomic E-state index is 0.456. The lowest BCUT2D eigenvalue weighted by Gasteiger charge is -2.40. The van der Waals surface area contributed by atoms with Crippen LogP contribution in [0.1, 0.15) is 39.0 Å². The van der Waals surface area contributed by atoms with E-state index in [4.69, 9.17) is 4.74 Å². The fourth-order valence-electron chi connectivity index (χ4n) is 2.72. The molecule has 0 bridgehead atoms. The largest absolute Gasteiger partial charge is 0.383 e. The Bertz CT molecular complexity index is 192. The molecule has 1 aliphatic rings. The summed E-state index contributed by atoms with van der Waals surface area (Å²) in [5, 5.41) is 0. The molecule has 0 saturated heterocycles. The van der Waals surface area contributed by atoms with Crippen molar-refractivity contribution in [3.8, 4) is 0 Å². The molecule has 96 valence electrons. The van der Waals surface area contributed by atoms with Gasteiger partial charge in [0.15, 0.2) is 0 Å². The van der Waals surface area contributed by atoms with Gasteiger partial charge in [0.1, 0.15) is 0 Å². The number of thiol groups is 1. The average Bonchev–Trinajstić information content (AvgIpc) is 2.30. The minimum atomic E-state index is 0.456. The number of ether oxygens (including phenoxy) is 1. The van der Waals surface area contributed by atoms with Gasteiger partial charge in [0, 0.05) is 19.7 Å². The predicted octanol–water partition coefficient (Wildman–Crippen LogP) is 2.83. The Kier molecular flexibility index (Phi) is 6.16. The molecule has 1 atom stereocenters. The Morgan fingerprint density at radius 3 is 2.44 bits per heavy atom. The summed E-state index contributed by atoms with van der Waals surface area (Å²) < 4.78 is 5.22. The topological polar surface area (TPSA) is 12.5 Å². The van der Waals surface area contributed by atoms with Gasteiger partial charge in [0.25, 0.3) is 0 Å². The number of hydrogen-bond donors (Lipinski definition) is 1. The number of likely N-dealkylation sites (N-methyl/N-ethyl adjacent to an activating group) is 1. The molecule has 0 aliphatic heterocycles. The van der Waals surface area contributed by atoms with Gasteiger partial charge in [-0.25, -0.2) is 0 Å². The van der Waals surface area contributed by atoms with Crippen molar-refractivity contribution < 1.29 is 4.74 Å². The molecule has 16 heavy (non-hydrogen) atoms. The molecule has 0 heterocycles. The SMILES string of the molecule is COCC(C)N(C)CC1(CS)CCCCC1. The summed E-state index contributed by atoms with van der Waals surface area (Å²) in [5.74, 6) is 1.02. The molecule has 0 spiro atoms. The van der Waals surface area contributed by atoms with Gasteiger partial charge in [-0.15, -0.1) is 0 Å². The van der Waals surface area contributed by atoms with Gasteiger partial charge in [-0.1, -0.05) is 19.3 Å². The van der Waals surface area contributed by atoms with Crippen LogP contribution in [-0.4, -0.2) is 44.0 Å². The molecule has 3 heteroatoms. The van der Waals surface area contributed by atoms with E-state index in [2.05, 4.69) is 31.5 Å². The summed E-state index contributed by atoms with van der Waals surface area (Å²) in [4.78, 5) is 2.44. The van der Waals surface area contributed by atoms with Gasteiger partial charge in [-0.2, -0.15) is 12.6 Å². The Labute approximate surface area is 106 Å². The zero-order valence-electron chi connectivity index (χ0n) is 11.0. The highest BCUT2D eigenvalue weighted by atomic mass is 32.1. The van der Waals surface area contributed by atoms with Crippen molar-refractivity contribution in [1.82, 2.24) is 4.90 Å². The van der Waals surface area contributed by atoms with Gasteiger partial charge in [-0.3, -0.25) is 0 Å². The molecule has 0 aromatic carbocycles. The molecule has 1 fully saturated rings. The summed E-state index contributed by atoms with van der Waals surface area (Å²) in [6.45, 7) is 4.22. The van der Waals surface area contributed by atoms with Gasteiger partial charge in [0.05, 0.1) is 6.61 Å². The number of hydrogen-bond acceptors (Lipinski definition) is 3. The van der Waals surface area contributed by atoms with Crippen LogP contribution in [0.3, 0.4) is 0 Å². The first kappa shape index (κ1) is 14.3. The third-order valence-electron chi connectivity index (χ3n) is 3.99. The number of methoxy groups -OCH3 is 1. The molecule has 1 aliphatic carbocycles. The van der Waals surface area contributed by atoms with Crippen molar-refractivity contribution in [2.45, 2.75) is 45.1 Å². The van der Waals surface area contributed by atoms with Crippen molar-refractivity contribution in [1.29, 1.82) is 0 Å². The van der Waals surface area contributed by atoms with E-state index in [1.807, 2.05) is 0 Å². The quantitative estimate of drug-likeness (QED) is 0.723. The standard InChI is InChI=1S/C13H27NOS/c1-12(9-15-3)14(2)10-13(11-16)7-5-4-6-8-13/h12,16H,4-11H2,1-3H3. The highest BCUT2D eigenvalue weighted by Crippen LogP contribution is 2.38. The van der Waals surface area contributed by atoms with E-state index in [0.29, 0.717) is 11.5 Å². The molecule has 0 aromatic rings. The maximum atomic E-state index is 5.22. The molecule has 0 N–H and O–H groups in total. The van der Waals surface area contributed by atoms with E-state index in [0.717, 1.165) is 12.4 Å². The van der Waals surface area contributed by atoms with Gasteiger partial charge < -0.3 is 9.64 Å². The van der Waals surface area contributed by atoms with Crippen LogP contribution < -0.4 is 0 Å². The second-order valence-corrected chi connectivity index (χ2v) is 5.75. The van der Waals surface area contributed by atoms with Crippen molar-refractivity contribution in [2.24, 2.45) is 5.41 Å². The Hall–Kier alpha value is 0.270. The highest BCUT2D eigenvalue weighted by molar-refractivity contribution is 7.80. The summed E-state index contributed by atoms with van der Waals surface area (Å²) in [6, 6.07) is 0.503. The highest BCUT2D eigenvalue weighted by Gasteiger charge is 2.32. The number of nitrogens with zero attached hydrogens (tertiary/aromatic N) is 1. The van der Waals surface area contributed by atoms with Crippen LogP contribution in [-0.2, 0) is 4.74 Å². The lowest BCUT2D eigenvalue weighted by Crippen LogP contribution is -2.43. The minimum Gasteiger partial charge on any atom is -0.383 e. The molecule has 1 rings (SSSR count). The third-order valence-corrected chi connectivity index (χ3v) is 4.67. The van der Waals surface area contributed by atoms with E-state index in [1.165, 1.54) is 38.6 Å². The Morgan fingerprint density at radius 1 is 1.31 bits per heavy atom. The van der Waals surface area contributed by atoms with Gasteiger partial charge in [-0.05, 0) is 38.0 Å². The third kappa shape index (κ3) is 3.94. The molecule has 0 radical (unpaired) electrons. The van der Waals surface area contributed by atoms with E-state index in [1.54, 1.807) is 7.11 Å². The second kappa shape index (κ2) is 6.87. The lowest BCUT2D eigenvalue weighted by molar-refractivity contribution is 0.0728. The molecule has 0 amide bonds. The fraction of sp³-hybridized carbons (Fsp3) is 1.00. The maximum absolute atomic E-state index is 5.22. The zero-order valence-corrected chi connectivity index (χ0v) is 11.9. The molecular weight excluding hydrogens is 218 g/mol. The van der Waals surface area contributed by atoms with Crippen LogP contribution in [0.15, 0.2) is 0 Å². The molecule has 1 saturated carbocycles. The van der Waals surface area contributed by atoms with Crippen molar-refractivity contribution in [3.63, 3.8) is 0 Å². The Balaban J connectivity index is 2.48. The summed E-state index contributed by atoms with van der Waals surface area (Å²) in [7, 11) is 3.99. The Morgan fingerprint density at radius 2 is 1.94 bits per heavy atom. The van der Waals surface area contributed by atoms with Crippen molar-refractivity contribution in [2.75, 3.05) is 33.1 Å². The first-order chi connectivity index (χ1) is 7.63. The van der Waals surface area contributed by atoms with Crippen LogP contribution in [0, 0.1) is 5.41 Å². The normalized spacial score (nSPS) is 22.3. The first-order valence-electron chi connectivity index (χ1n) is 6.43. The summed E-state index contributed by atoms with van der Waals surface area (Å²) >= 11 is 4.59. The van der Waals surface area contributed by atoms with E-state index in [9.17, 15) is 0 Å². The van der Waals surface area contributed by atoms with Crippen LogP contribution in [0.25, 0.3) is 0 Å². The molecular formula is C13H27NOS. The second-order valence-electron chi connectivity index (χ2n) is 5.44. The summed E-state index contributed by atoms with van der Waals surface area (Å²) in [5.41, 5.74) is 0.456. The fourth-order valence-corrected chi connectivity index (χ4v) is 3.14. The van der Waals surface area contributed by atoms with Crippen molar-refractivity contribution in [3.05, 3.63) is 0 Å². The molecule has 0 aromatic heterocycles. The van der Waals surface area contributed by atoms with E-state index >= 15 is 0 Å². The van der Waals surface area contributed by atoms with Gasteiger partial charge >= 0.3 is 0 Å². The van der Waals surface area contributed by atoms with Gasteiger partial charge in [0.2, 0.25) is 0 Å². The van der Waals surface area contributed by atoms with Crippen molar-refractivity contribution >= 4 is 12.6 Å². The van der Waals surface area contributed by atoms with Crippen LogP contribution >= 0.6 is 12.6 Å². The van der Waals surface area contributed by atoms with Crippen LogP contribution in [0.2, 0.25) is 0 Å². The maximum Gasteiger partial charge on any atom is 0.0615 e. The monoisotopic (exact) mass is 245 g/mol.